The molecule has 22 heavy (non-hydrogen) atoms. The van der Waals surface area contributed by atoms with Crippen molar-refractivity contribution in [3.63, 3.8) is 0 Å². The molecule has 3 aromatic rings. The molecule has 0 saturated heterocycles. The van der Waals surface area contributed by atoms with Crippen LogP contribution in [0, 0.1) is 6.92 Å². The number of thiazole rings is 1. The Labute approximate surface area is 134 Å². The number of hydrogen-bond acceptors (Lipinski definition) is 7. The van der Waals surface area contributed by atoms with Gasteiger partial charge < -0.3 is 4.74 Å². The molecule has 0 aliphatic rings. The third-order valence-electron chi connectivity index (χ3n) is 2.82. The van der Waals surface area contributed by atoms with Crippen LogP contribution in [0.4, 0.5) is 5.13 Å². The molecule has 0 bridgehead atoms. The predicted octanol–water partition coefficient (Wildman–Crippen LogP) is 3.23. The molecule has 0 spiro atoms. The maximum atomic E-state index is 12.1. The van der Waals surface area contributed by atoms with Crippen molar-refractivity contribution in [1.82, 2.24) is 15.2 Å². The second-order valence-corrected chi connectivity index (χ2v) is 6.39. The molecule has 0 aliphatic heterocycles. The van der Waals surface area contributed by atoms with E-state index in [4.69, 9.17) is 4.74 Å². The van der Waals surface area contributed by atoms with E-state index in [2.05, 4.69) is 20.5 Å². The first-order valence-electron chi connectivity index (χ1n) is 6.37. The van der Waals surface area contributed by atoms with Crippen LogP contribution in [0.3, 0.4) is 0 Å². The molecule has 0 fully saturated rings. The van der Waals surface area contributed by atoms with Crippen molar-refractivity contribution >= 4 is 33.7 Å². The number of nitrogens with zero attached hydrogens (tertiary/aromatic N) is 3. The highest BCUT2D eigenvalue weighted by Crippen LogP contribution is 2.26. The molecule has 0 aliphatic carbocycles. The van der Waals surface area contributed by atoms with Crippen LogP contribution in [-0.4, -0.2) is 28.2 Å². The lowest BCUT2D eigenvalue weighted by molar-refractivity contribution is 0.102. The first kappa shape index (κ1) is 14.6. The Bertz CT molecular complexity index is 795. The number of carbonyl (C=O) groups is 1. The van der Waals surface area contributed by atoms with Gasteiger partial charge >= 0.3 is 0 Å². The molecule has 3 rings (SSSR count). The summed E-state index contributed by atoms with van der Waals surface area (Å²) in [6.45, 7) is 1.83. The maximum absolute atomic E-state index is 12.1. The van der Waals surface area contributed by atoms with Gasteiger partial charge in [0.1, 0.15) is 21.5 Å². The van der Waals surface area contributed by atoms with Crippen LogP contribution >= 0.6 is 22.7 Å². The molecule has 2 heterocycles. The molecule has 0 unspecified atom stereocenters. The second-order valence-electron chi connectivity index (χ2n) is 4.35. The fourth-order valence-electron chi connectivity index (χ4n) is 1.75. The fourth-order valence-corrected chi connectivity index (χ4v) is 3.15. The summed E-state index contributed by atoms with van der Waals surface area (Å²) in [5, 5.41) is 14.2. The van der Waals surface area contributed by atoms with Crippen LogP contribution in [0.15, 0.2) is 29.6 Å². The van der Waals surface area contributed by atoms with Crippen molar-refractivity contribution in [3.8, 4) is 16.3 Å². The number of aryl methyl sites for hydroxylation is 1. The topological polar surface area (TPSA) is 77.0 Å². The van der Waals surface area contributed by atoms with E-state index in [-0.39, 0.29) is 5.91 Å². The number of aromatic nitrogens is 3. The molecule has 6 nitrogen and oxygen atoms in total. The van der Waals surface area contributed by atoms with Crippen molar-refractivity contribution in [2.75, 3.05) is 12.4 Å². The lowest BCUT2D eigenvalue weighted by Gasteiger charge is -2.00. The molecule has 112 valence electrons. The molecule has 0 radical (unpaired) electrons. The van der Waals surface area contributed by atoms with Crippen LogP contribution in [0.2, 0.25) is 0 Å². The van der Waals surface area contributed by atoms with Crippen molar-refractivity contribution in [2.24, 2.45) is 0 Å². The van der Waals surface area contributed by atoms with Crippen LogP contribution in [0.25, 0.3) is 10.6 Å². The summed E-state index contributed by atoms with van der Waals surface area (Å²) in [5.41, 5.74) is 1.31. The first-order valence-corrected chi connectivity index (χ1v) is 8.07. The minimum atomic E-state index is -0.285. The first-order chi connectivity index (χ1) is 10.7. The highest BCUT2D eigenvalue weighted by atomic mass is 32.1. The second kappa shape index (κ2) is 6.20. The van der Waals surface area contributed by atoms with E-state index in [1.807, 2.05) is 31.2 Å². The van der Waals surface area contributed by atoms with Gasteiger partial charge in [0.2, 0.25) is 5.13 Å². The van der Waals surface area contributed by atoms with Gasteiger partial charge in [-0.3, -0.25) is 10.1 Å². The summed E-state index contributed by atoms with van der Waals surface area (Å²) in [7, 11) is 1.62. The summed E-state index contributed by atoms with van der Waals surface area (Å²) >= 11 is 2.74. The Morgan fingerprint density at radius 1 is 1.23 bits per heavy atom. The van der Waals surface area contributed by atoms with Crippen LogP contribution in [-0.2, 0) is 0 Å². The van der Waals surface area contributed by atoms with Gasteiger partial charge in [-0.1, -0.05) is 11.3 Å². The summed E-state index contributed by atoms with van der Waals surface area (Å²) in [4.78, 5) is 16.5. The van der Waals surface area contributed by atoms with Gasteiger partial charge in [-0.05, 0) is 31.2 Å². The van der Waals surface area contributed by atoms with Gasteiger partial charge in [0.25, 0.3) is 5.91 Å². The minimum Gasteiger partial charge on any atom is -0.497 e. The zero-order valence-corrected chi connectivity index (χ0v) is 13.5. The number of methoxy groups -OCH3 is 1. The van der Waals surface area contributed by atoms with Crippen molar-refractivity contribution < 1.29 is 9.53 Å². The van der Waals surface area contributed by atoms with Gasteiger partial charge in [-0.15, -0.1) is 21.5 Å². The predicted molar refractivity (Wildman–Crippen MR) is 86.7 cm³/mol. The Balaban J connectivity index is 1.76. The summed E-state index contributed by atoms with van der Waals surface area (Å²) < 4.78 is 5.12. The van der Waals surface area contributed by atoms with Crippen molar-refractivity contribution in [3.05, 3.63) is 40.3 Å². The van der Waals surface area contributed by atoms with Gasteiger partial charge in [0.05, 0.1) is 7.11 Å². The zero-order valence-electron chi connectivity index (χ0n) is 11.9. The largest absolute Gasteiger partial charge is 0.497 e. The maximum Gasteiger partial charge on any atom is 0.276 e. The van der Waals surface area contributed by atoms with E-state index < -0.39 is 0 Å². The summed E-state index contributed by atoms with van der Waals surface area (Å²) in [5.74, 6) is 0.497. The van der Waals surface area contributed by atoms with Crippen LogP contribution < -0.4 is 10.1 Å². The SMILES string of the molecule is COc1ccc(-c2nc(C(=O)Nc3nnc(C)s3)cs2)cc1. The van der Waals surface area contributed by atoms with Gasteiger partial charge in [0.15, 0.2) is 0 Å². The highest BCUT2D eigenvalue weighted by molar-refractivity contribution is 7.15. The number of benzene rings is 1. The molecule has 1 aromatic carbocycles. The Morgan fingerprint density at radius 3 is 2.64 bits per heavy atom. The molecule has 8 heteroatoms. The number of nitrogens with one attached hydrogen (secondary N) is 1. The van der Waals surface area contributed by atoms with E-state index >= 15 is 0 Å². The molecule has 2 aromatic heterocycles. The number of anilines is 1. The molecular weight excluding hydrogens is 320 g/mol. The van der Waals surface area contributed by atoms with Gasteiger partial charge in [0, 0.05) is 10.9 Å². The quantitative estimate of drug-likeness (QED) is 0.794. The molecule has 0 saturated carbocycles. The molecule has 1 amide bonds. The average molecular weight is 332 g/mol. The number of ether oxygens (including phenoxy) is 1. The van der Waals surface area contributed by atoms with E-state index in [1.165, 1.54) is 22.7 Å². The monoisotopic (exact) mass is 332 g/mol. The normalized spacial score (nSPS) is 10.5. The summed E-state index contributed by atoms with van der Waals surface area (Å²) in [6.07, 6.45) is 0. The summed E-state index contributed by atoms with van der Waals surface area (Å²) in [6, 6.07) is 7.54. The smallest absolute Gasteiger partial charge is 0.276 e. The Hall–Kier alpha value is -2.32. The van der Waals surface area contributed by atoms with Crippen LogP contribution in [0.5, 0.6) is 5.75 Å². The van der Waals surface area contributed by atoms with Crippen LogP contribution in [0.1, 0.15) is 15.5 Å². The molecular formula is C14H12N4O2S2. The van der Waals surface area contributed by atoms with Crippen molar-refractivity contribution in [1.29, 1.82) is 0 Å². The third-order valence-corrected chi connectivity index (χ3v) is 4.47. The van der Waals surface area contributed by atoms with E-state index in [1.54, 1.807) is 12.5 Å². The number of amides is 1. The molecule has 1 N–H and O–H groups in total. The fraction of sp³-hybridized carbons (Fsp3) is 0.143. The Morgan fingerprint density at radius 2 is 2.00 bits per heavy atom. The third kappa shape index (κ3) is 3.12. The van der Waals surface area contributed by atoms with Crippen molar-refractivity contribution in [2.45, 2.75) is 6.92 Å². The van der Waals surface area contributed by atoms with E-state index in [9.17, 15) is 4.79 Å². The highest BCUT2D eigenvalue weighted by Gasteiger charge is 2.14. The lowest BCUT2D eigenvalue weighted by Crippen LogP contribution is -2.12. The number of hydrogen-bond donors (Lipinski definition) is 1. The minimum absolute atomic E-state index is 0.285. The molecule has 0 atom stereocenters. The van der Waals surface area contributed by atoms with Gasteiger partial charge in [-0.25, -0.2) is 4.98 Å². The average Bonchev–Trinajstić information content (AvgIpc) is 3.17. The number of carbonyl (C=O) groups excluding carboxylic acids is 1. The standard InChI is InChI=1S/C14H12N4O2S2/c1-8-17-18-14(22-8)16-12(19)11-7-21-13(15-11)9-3-5-10(20-2)6-4-9/h3-7H,1-2H3,(H,16,18,19). The lowest BCUT2D eigenvalue weighted by atomic mass is 10.2. The Kier molecular flexibility index (Phi) is 4.12. The van der Waals surface area contributed by atoms with Gasteiger partial charge in [-0.2, -0.15) is 0 Å². The number of rotatable bonds is 4. The van der Waals surface area contributed by atoms with E-state index in [0.29, 0.717) is 10.8 Å². The van der Waals surface area contributed by atoms with E-state index in [0.717, 1.165) is 21.3 Å². The zero-order chi connectivity index (χ0) is 15.5.